The molecule has 132 valence electrons. The molecule has 0 unspecified atom stereocenters. The van der Waals surface area contributed by atoms with Crippen LogP contribution in [0.5, 0.6) is 0 Å². The molecule has 26 heavy (non-hydrogen) atoms. The van der Waals surface area contributed by atoms with Gasteiger partial charge >= 0.3 is 0 Å². The highest BCUT2D eigenvalue weighted by atomic mass is 16.5. The highest BCUT2D eigenvalue weighted by molar-refractivity contribution is 5.93. The second-order valence-electron chi connectivity index (χ2n) is 7.79. The van der Waals surface area contributed by atoms with Crippen molar-refractivity contribution in [2.75, 3.05) is 13.1 Å². The van der Waals surface area contributed by atoms with Gasteiger partial charge in [0.15, 0.2) is 0 Å². The van der Waals surface area contributed by atoms with Crippen molar-refractivity contribution in [2.45, 2.75) is 32.2 Å². The standard InChI is InChI=1S/C22H23N3O/c1-15-5-6-16(13-23-15)7-8-17-3-2-4-19-20-14-25(26)11-9-18(10-12-25)22(20)24-21(17)19/h2-8,13,18,24H,9-12,14H2,1H3/b8-7+. The lowest BCUT2D eigenvalue weighted by Crippen LogP contribution is -2.44. The van der Waals surface area contributed by atoms with Crippen molar-refractivity contribution >= 4 is 23.1 Å². The van der Waals surface area contributed by atoms with Gasteiger partial charge in [0.25, 0.3) is 0 Å². The summed E-state index contributed by atoms with van der Waals surface area (Å²) < 4.78 is -0.0500. The predicted molar refractivity (Wildman–Crippen MR) is 105 cm³/mol. The number of hydrogen-bond donors (Lipinski definition) is 1. The summed E-state index contributed by atoms with van der Waals surface area (Å²) in [5.41, 5.74) is 7.01. The number of H-pyrrole nitrogens is 1. The van der Waals surface area contributed by atoms with Crippen LogP contribution >= 0.6 is 0 Å². The summed E-state index contributed by atoms with van der Waals surface area (Å²) in [5, 5.41) is 14.2. The number of benzene rings is 1. The van der Waals surface area contributed by atoms with Crippen LogP contribution in [0, 0.1) is 12.1 Å². The number of pyridine rings is 1. The number of hydroxylamine groups is 3. The fourth-order valence-corrected chi connectivity index (χ4v) is 4.51. The van der Waals surface area contributed by atoms with Crippen molar-refractivity contribution in [3.05, 3.63) is 69.8 Å². The SMILES string of the molecule is Cc1ccc(/C=C/c2cccc3c4c([nH]c23)C2CC[N+]([O-])(CC2)C4)cn1. The maximum absolute atomic E-state index is 13.0. The Morgan fingerprint density at radius 3 is 2.77 bits per heavy atom. The smallest absolute Gasteiger partial charge is 0.106 e. The van der Waals surface area contributed by atoms with Crippen LogP contribution in [0.4, 0.5) is 0 Å². The Balaban J connectivity index is 1.59. The molecular formula is C22H23N3O. The molecule has 0 aliphatic carbocycles. The van der Waals surface area contributed by atoms with E-state index in [-0.39, 0.29) is 4.65 Å². The fraction of sp³-hybridized carbons (Fsp3) is 0.318. The van der Waals surface area contributed by atoms with Crippen LogP contribution in [0.3, 0.4) is 0 Å². The third-order valence-corrected chi connectivity index (χ3v) is 6.02. The molecule has 2 bridgehead atoms. The van der Waals surface area contributed by atoms with E-state index in [0.29, 0.717) is 12.5 Å². The quantitative estimate of drug-likeness (QED) is 0.538. The van der Waals surface area contributed by atoms with Gasteiger partial charge in [0.1, 0.15) is 6.54 Å². The summed E-state index contributed by atoms with van der Waals surface area (Å²) in [5.74, 6) is 0.512. The van der Waals surface area contributed by atoms with E-state index in [2.05, 4.69) is 46.4 Å². The van der Waals surface area contributed by atoms with Crippen molar-refractivity contribution in [3.63, 3.8) is 0 Å². The van der Waals surface area contributed by atoms with Gasteiger partial charge in [-0.1, -0.05) is 36.4 Å². The molecule has 1 N–H and O–H groups in total. The molecule has 0 amide bonds. The molecule has 3 aliphatic heterocycles. The number of nitrogens with one attached hydrogen (secondary N) is 1. The van der Waals surface area contributed by atoms with E-state index in [0.717, 1.165) is 42.7 Å². The van der Waals surface area contributed by atoms with E-state index >= 15 is 0 Å². The maximum atomic E-state index is 13.0. The Labute approximate surface area is 153 Å². The minimum atomic E-state index is -0.0500. The molecule has 0 radical (unpaired) electrons. The first kappa shape index (κ1) is 15.8. The van der Waals surface area contributed by atoms with Crippen molar-refractivity contribution in [2.24, 2.45) is 0 Å². The third-order valence-electron chi connectivity index (χ3n) is 6.02. The van der Waals surface area contributed by atoms with Gasteiger partial charge in [0.2, 0.25) is 0 Å². The average molecular weight is 345 g/mol. The van der Waals surface area contributed by atoms with E-state index in [9.17, 15) is 5.21 Å². The zero-order valence-electron chi connectivity index (χ0n) is 15.0. The van der Waals surface area contributed by atoms with Crippen LogP contribution in [-0.2, 0) is 6.54 Å². The lowest BCUT2D eigenvalue weighted by Gasteiger charge is -2.44. The maximum Gasteiger partial charge on any atom is 0.106 e. The summed E-state index contributed by atoms with van der Waals surface area (Å²) in [6.07, 6.45) is 8.15. The second-order valence-corrected chi connectivity index (χ2v) is 7.79. The van der Waals surface area contributed by atoms with Crippen LogP contribution < -0.4 is 0 Å². The number of aromatic nitrogens is 2. The average Bonchev–Trinajstić information content (AvgIpc) is 2.86. The highest BCUT2D eigenvalue weighted by Crippen LogP contribution is 2.42. The van der Waals surface area contributed by atoms with Crippen molar-refractivity contribution < 1.29 is 4.65 Å². The van der Waals surface area contributed by atoms with Crippen LogP contribution in [0.2, 0.25) is 0 Å². The number of nitrogens with zero attached hydrogens (tertiary/aromatic N) is 2. The van der Waals surface area contributed by atoms with E-state index in [1.807, 2.05) is 19.2 Å². The molecule has 1 aromatic carbocycles. The van der Waals surface area contributed by atoms with Gasteiger partial charge in [0.05, 0.1) is 18.6 Å². The van der Waals surface area contributed by atoms with Crippen molar-refractivity contribution in [1.29, 1.82) is 0 Å². The summed E-state index contributed by atoms with van der Waals surface area (Å²) in [6.45, 7) is 4.12. The number of hydrogen-bond acceptors (Lipinski definition) is 2. The molecule has 0 atom stereocenters. The van der Waals surface area contributed by atoms with E-state index < -0.39 is 0 Å². The Hall–Kier alpha value is -2.43. The fourth-order valence-electron chi connectivity index (χ4n) is 4.51. The van der Waals surface area contributed by atoms with E-state index in [1.165, 1.54) is 22.2 Å². The summed E-state index contributed by atoms with van der Waals surface area (Å²) >= 11 is 0. The first-order valence-corrected chi connectivity index (χ1v) is 9.43. The Morgan fingerprint density at radius 2 is 2.00 bits per heavy atom. The van der Waals surface area contributed by atoms with Gasteiger partial charge in [-0.25, -0.2) is 0 Å². The number of rotatable bonds is 2. The molecule has 2 aromatic heterocycles. The Morgan fingerprint density at radius 1 is 1.15 bits per heavy atom. The number of para-hydroxylation sites is 1. The number of aromatic amines is 1. The minimum Gasteiger partial charge on any atom is -0.633 e. The Bertz CT molecular complexity index is 992. The van der Waals surface area contributed by atoms with E-state index in [4.69, 9.17) is 0 Å². The third kappa shape index (κ3) is 2.57. The first-order chi connectivity index (χ1) is 12.6. The molecule has 4 heteroatoms. The molecule has 1 saturated heterocycles. The first-order valence-electron chi connectivity index (χ1n) is 9.43. The molecule has 4 nitrogen and oxygen atoms in total. The lowest BCUT2D eigenvalue weighted by molar-refractivity contribution is -0.897. The molecule has 0 spiro atoms. The van der Waals surface area contributed by atoms with Crippen molar-refractivity contribution in [1.82, 2.24) is 9.97 Å². The largest absolute Gasteiger partial charge is 0.633 e. The zero-order valence-corrected chi connectivity index (χ0v) is 15.0. The predicted octanol–water partition coefficient (Wildman–Crippen LogP) is 4.75. The van der Waals surface area contributed by atoms with Gasteiger partial charge in [-0.15, -0.1) is 0 Å². The normalized spacial score (nSPS) is 24.9. The lowest BCUT2D eigenvalue weighted by atomic mass is 9.94. The van der Waals surface area contributed by atoms with Gasteiger partial charge in [-0.05, 0) is 24.1 Å². The molecule has 1 fully saturated rings. The van der Waals surface area contributed by atoms with Crippen LogP contribution in [0.1, 0.15) is 46.8 Å². The molecule has 0 saturated carbocycles. The molecule has 5 heterocycles. The minimum absolute atomic E-state index is 0.0500. The van der Waals surface area contributed by atoms with Gasteiger partial charge in [-0.3, -0.25) is 4.98 Å². The molecule has 6 rings (SSSR count). The second kappa shape index (κ2) is 5.79. The van der Waals surface area contributed by atoms with Crippen molar-refractivity contribution in [3.8, 4) is 0 Å². The number of piperidine rings is 1. The molecule has 3 aromatic rings. The zero-order chi connectivity index (χ0) is 17.7. The number of quaternary nitrogens is 1. The van der Waals surface area contributed by atoms with Gasteiger partial charge in [-0.2, -0.15) is 0 Å². The van der Waals surface area contributed by atoms with Gasteiger partial charge in [0, 0.05) is 47.3 Å². The van der Waals surface area contributed by atoms with Crippen LogP contribution in [-0.4, -0.2) is 27.7 Å². The summed E-state index contributed by atoms with van der Waals surface area (Å²) in [4.78, 5) is 8.05. The highest BCUT2D eigenvalue weighted by Gasteiger charge is 2.36. The monoisotopic (exact) mass is 345 g/mol. The number of aryl methyl sites for hydroxylation is 1. The molecular weight excluding hydrogens is 322 g/mol. The Kier molecular flexibility index (Phi) is 3.52. The summed E-state index contributed by atoms with van der Waals surface area (Å²) in [7, 11) is 0. The molecule has 3 aliphatic rings. The van der Waals surface area contributed by atoms with E-state index in [1.54, 1.807) is 0 Å². The van der Waals surface area contributed by atoms with Crippen LogP contribution in [0.25, 0.3) is 23.1 Å². The van der Waals surface area contributed by atoms with Gasteiger partial charge < -0.3 is 14.8 Å². The van der Waals surface area contributed by atoms with Crippen LogP contribution in [0.15, 0.2) is 36.5 Å². The number of fused-ring (bicyclic) bond motifs is 3. The summed E-state index contributed by atoms with van der Waals surface area (Å²) in [6, 6.07) is 10.5. The topological polar surface area (TPSA) is 51.7 Å².